The molecule has 0 spiro atoms. The highest BCUT2D eigenvalue weighted by molar-refractivity contribution is 8.01. The summed E-state index contributed by atoms with van der Waals surface area (Å²) in [5, 5.41) is 13.1. The van der Waals surface area contributed by atoms with Gasteiger partial charge in [0.15, 0.2) is 4.34 Å². The summed E-state index contributed by atoms with van der Waals surface area (Å²) in [6.07, 6.45) is -4.57. The molecular formula is C19H13Cl2F3N4O3S2. The minimum Gasteiger partial charge on any atom is -0.496 e. The van der Waals surface area contributed by atoms with Gasteiger partial charge in [-0.05, 0) is 36.4 Å². The van der Waals surface area contributed by atoms with E-state index in [4.69, 9.17) is 27.9 Å². The van der Waals surface area contributed by atoms with E-state index in [0.29, 0.717) is 15.1 Å². The van der Waals surface area contributed by atoms with E-state index >= 15 is 0 Å². The zero-order chi connectivity index (χ0) is 24.2. The SMILES string of the molecule is COc1ccc(Cl)cc1C(=O)Nc1nnc(SCC(=O)Nc2cc(C(F)(F)F)ccc2Cl)s1. The summed E-state index contributed by atoms with van der Waals surface area (Å²) in [6.45, 7) is 0. The van der Waals surface area contributed by atoms with Crippen molar-refractivity contribution in [1.29, 1.82) is 0 Å². The lowest BCUT2D eigenvalue weighted by atomic mass is 10.2. The second-order valence-corrected chi connectivity index (χ2v) is 9.24. The molecule has 0 aliphatic heterocycles. The number of hydrogen-bond donors (Lipinski definition) is 2. The predicted octanol–water partition coefficient (Wildman–Crippen LogP) is 5.86. The van der Waals surface area contributed by atoms with Gasteiger partial charge in [-0.15, -0.1) is 10.2 Å². The predicted molar refractivity (Wildman–Crippen MR) is 122 cm³/mol. The van der Waals surface area contributed by atoms with Crippen molar-refractivity contribution in [2.24, 2.45) is 0 Å². The second-order valence-electron chi connectivity index (χ2n) is 6.20. The van der Waals surface area contributed by atoms with Gasteiger partial charge in [0.05, 0.1) is 34.7 Å². The van der Waals surface area contributed by atoms with Crippen molar-refractivity contribution in [3.63, 3.8) is 0 Å². The number of nitrogens with one attached hydrogen (secondary N) is 2. The number of amides is 2. The van der Waals surface area contributed by atoms with Crippen molar-refractivity contribution in [3.8, 4) is 5.75 Å². The summed E-state index contributed by atoms with van der Waals surface area (Å²) >= 11 is 13.8. The van der Waals surface area contributed by atoms with Gasteiger partial charge >= 0.3 is 6.18 Å². The normalized spacial score (nSPS) is 11.2. The van der Waals surface area contributed by atoms with E-state index in [1.807, 2.05) is 0 Å². The molecule has 2 N–H and O–H groups in total. The van der Waals surface area contributed by atoms with Crippen molar-refractivity contribution in [1.82, 2.24) is 10.2 Å². The largest absolute Gasteiger partial charge is 0.496 e. The lowest BCUT2D eigenvalue weighted by molar-refractivity contribution is -0.137. The Hall–Kier alpha value is -2.54. The molecule has 0 radical (unpaired) electrons. The van der Waals surface area contributed by atoms with Crippen LogP contribution in [-0.2, 0) is 11.0 Å². The van der Waals surface area contributed by atoms with Crippen LogP contribution < -0.4 is 15.4 Å². The Morgan fingerprint density at radius 1 is 1.12 bits per heavy atom. The second kappa shape index (κ2) is 10.6. The molecule has 0 aliphatic rings. The van der Waals surface area contributed by atoms with Gasteiger partial charge in [-0.3, -0.25) is 14.9 Å². The molecule has 0 aliphatic carbocycles. The van der Waals surface area contributed by atoms with Crippen LogP contribution in [0.5, 0.6) is 5.75 Å². The monoisotopic (exact) mass is 536 g/mol. The van der Waals surface area contributed by atoms with E-state index in [1.165, 1.54) is 13.2 Å². The average Bonchev–Trinajstić information content (AvgIpc) is 3.20. The molecule has 33 heavy (non-hydrogen) atoms. The third-order valence-electron chi connectivity index (χ3n) is 3.93. The number of rotatable bonds is 7. The number of carbonyl (C=O) groups is 2. The minimum atomic E-state index is -4.57. The van der Waals surface area contributed by atoms with Crippen LogP contribution in [0, 0.1) is 0 Å². The Morgan fingerprint density at radius 3 is 2.58 bits per heavy atom. The van der Waals surface area contributed by atoms with E-state index in [2.05, 4.69) is 20.8 Å². The number of halogens is 5. The molecular weight excluding hydrogens is 524 g/mol. The van der Waals surface area contributed by atoms with E-state index in [0.717, 1.165) is 41.3 Å². The number of aromatic nitrogens is 2. The quantitative estimate of drug-likeness (QED) is 0.290. The Labute approximate surface area is 203 Å². The molecule has 1 aromatic heterocycles. The molecule has 3 aromatic rings. The van der Waals surface area contributed by atoms with Gasteiger partial charge in [0, 0.05) is 5.02 Å². The van der Waals surface area contributed by atoms with Crippen molar-refractivity contribution in [2.75, 3.05) is 23.5 Å². The lowest BCUT2D eigenvalue weighted by Crippen LogP contribution is -2.15. The molecule has 174 valence electrons. The molecule has 2 aromatic carbocycles. The molecule has 0 fully saturated rings. The third-order valence-corrected chi connectivity index (χ3v) is 6.46. The fraction of sp³-hybridized carbons (Fsp3) is 0.158. The number of benzene rings is 2. The van der Waals surface area contributed by atoms with Gasteiger partial charge < -0.3 is 10.1 Å². The molecule has 0 saturated heterocycles. The van der Waals surface area contributed by atoms with Crippen molar-refractivity contribution in [3.05, 3.63) is 57.6 Å². The zero-order valence-corrected chi connectivity index (χ0v) is 19.6. The van der Waals surface area contributed by atoms with Crippen LogP contribution in [0.25, 0.3) is 0 Å². The maximum Gasteiger partial charge on any atom is 0.416 e. The Bertz CT molecular complexity index is 1190. The third kappa shape index (κ3) is 6.73. The van der Waals surface area contributed by atoms with Crippen LogP contribution in [0.15, 0.2) is 40.7 Å². The van der Waals surface area contributed by atoms with Gasteiger partial charge in [-0.25, -0.2) is 0 Å². The fourth-order valence-corrected chi connectivity index (χ4v) is 4.34. The number of alkyl halides is 3. The molecule has 7 nitrogen and oxygen atoms in total. The standard InChI is InChI=1S/C19H13Cl2F3N4O3S2/c1-31-14-5-3-10(20)7-11(14)16(30)26-17-27-28-18(33-17)32-8-15(29)25-13-6-9(19(22,23)24)2-4-12(13)21/h2-7H,8H2,1H3,(H,25,29)(H,26,27,30). The van der Waals surface area contributed by atoms with Crippen LogP contribution in [-0.4, -0.2) is 34.9 Å². The van der Waals surface area contributed by atoms with Gasteiger partial charge in [-0.1, -0.05) is 46.3 Å². The summed E-state index contributed by atoms with van der Waals surface area (Å²) in [7, 11) is 1.41. The highest BCUT2D eigenvalue weighted by atomic mass is 35.5. The van der Waals surface area contributed by atoms with Crippen molar-refractivity contribution < 1.29 is 27.5 Å². The van der Waals surface area contributed by atoms with Gasteiger partial charge in [0.25, 0.3) is 5.91 Å². The molecule has 3 rings (SSSR count). The van der Waals surface area contributed by atoms with E-state index in [-0.39, 0.29) is 27.2 Å². The van der Waals surface area contributed by atoms with Crippen molar-refractivity contribution >= 4 is 68.9 Å². The number of methoxy groups -OCH3 is 1. The summed E-state index contributed by atoms with van der Waals surface area (Å²) in [5.41, 5.74) is -0.889. The number of ether oxygens (including phenoxy) is 1. The number of hydrogen-bond acceptors (Lipinski definition) is 7. The van der Waals surface area contributed by atoms with E-state index in [9.17, 15) is 22.8 Å². The zero-order valence-electron chi connectivity index (χ0n) is 16.5. The highest BCUT2D eigenvalue weighted by Crippen LogP contribution is 2.34. The summed E-state index contributed by atoms with van der Waals surface area (Å²) < 4.78 is 44.1. The topological polar surface area (TPSA) is 93.2 Å². The Kier molecular flexibility index (Phi) is 8.05. The summed E-state index contributed by atoms with van der Waals surface area (Å²) in [5.74, 6) is -0.956. The summed E-state index contributed by atoms with van der Waals surface area (Å²) in [4.78, 5) is 24.6. The molecule has 0 bridgehead atoms. The smallest absolute Gasteiger partial charge is 0.416 e. The lowest BCUT2D eigenvalue weighted by Gasteiger charge is -2.11. The first kappa shape index (κ1) is 25.1. The van der Waals surface area contributed by atoms with Crippen LogP contribution in [0.4, 0.5) is 24.0 Å². The molecule has 2 amide bonds. The maximum absolute atomic E-state index is 12.9. The number of anilines is 2. The molecule has 0 atom stereocenters. The number of carbonyl (C=O) groups excluding carboxylic acids is 2. The molecule has 14 heteroatoms. The van der Waals surface area contributed by atoms with Crippen LogP contribution in [0.2, 0.25) is 10.0 Å². The summed E-state index contributed by atoms with van der Waals surface area (Å²) in [6, 6.07) is 7.20. The minimum absolute atomic E-state index is 0.0290. The molecule has 0 unspecified atom stereocenters. The van der Waals surface area contributed by atoms with Crippen LogP contribution in [0.3, 0.4) is 0 Å². The fourth-order valence-electron chi connectivity index (χ4n) is 2.45. The van der Waals surface area contributed by atoms with Gasteiger partial charge in [0.1, 0.15) is 5.75 Å². The maximum atomic E-state index is 12.9. The van der Waals surface area contributed by atoms with E-state index in [1.54, 1.807) is 12.1 Å². The Balaban J connectivity index is 1.59. The first-order valence-electron chi connectivity index (χ1n) is 8.84. The average molecular weight is 537 g/mol. The first-order valence-corrected chi connectivity index (χ1v) is 11.4. The van der Waals surface area contributed by atoms with Crippen LogP contribution in [0.1, 0.15) is 15.9 Å². The van der Waals surface area contributed by atoms with Gasteiger partial charge in [0.2, 0.25) is 11.0 Å². The number of thioether (sulfide) groups is 1. The first-order chi connectivity index (χ1) is 15.6. The van der Waals surface area contributed by atoms with Crippen molar-refractivity contribution in [2.45, 2.75) is 10.5 Å². The van der Waals surface area contributed by atoms with E-state index < -0.39 is 23.6 Å². The highest BCUT2D eigenvalue weighted by Gasteiger charge is 2.31. The van der Waals surface area contributed by atoms with Crippen LogP contribution >= 0.6 is 46.3 Å². The Morgan fingerprint density at radius 2 is 1.88 bits per heavy atom. The molecule has 0 saturated carbocycles. The van der Waals surface area contributed by atoms with Gasteiger partial charge in [-0.2, -0.15) is 13.2 Å². The molecule has 1 heterocycles. The number of nitrogens with zero attached hydrogens (tertiary/aromatic N) is 2.